The zero-order valence-electron chi connectivity index (χ0n) is 15.2. The van der Waals surface area contributed by atoms with E-state index in [2.05, 4.69) is 10.3 Å². The summed E-state index contributed by atoms with van der Waals surface area (Å²) in [6.45, 7) is 0. The first-order valence-electron chi connectivity index (χ1n) is 9.02. The highest BCUT2D eigenvalue weighted by Gasteiger charge is 2.31. The number of hydrogen-bond donors (Lipinski definition) is 2. The van der Waals surface area contributed by atoms with Crippen LogP contribution in [0.1, 0.15) is 27.5 Å². The van der Waals surface area contributed by atoms with Crippen molar-refractivity contribution in [1.82, 2.24) is 4.98 Å². The lowest BCUT2D eigenvalue weighted by Crippen LogP contribution is -2.21. The lowest BCUT2D eigenvalue weighted by molar-refractivity contribution is -0.137. The molecule has 1 aromatic heterocycles. The third-order valence-corrected chi connectivity index (χ3v) is 4.75. The number of H-pyrrole nitrogens is 1. The topological polar surface area (TPSA) is 44.9 Å². The molecule has 1 heterocycles. The van der Waals surface area contributed by atoms with Gasteiger partial charge in [0.1, 0.15) is 6.04 Å². The largest absolute Gasteiger partial charge is 0.416 e. The Balaban J connectivity index is 1.74. The zero-order chi connectivity index (χ0) is 20.4. The number of anilines is 1. The molecule has 0 saturated heterocycles. The molecule has 4 rings (SSSR count). The van der Waals surface area contributed by atoms with Crippen molar-refractivity contribution in [3.05, 3.63) is 102 Å². The highest BCUT2D eigenvalue weighted by molar-refractivity contribution is 6.11. The van der Waals surface area contributed by atoms with Gasteiger partial charge < -0.3 is 10.3 Å². The summed E-state index contributed by atoms with van der Waals surface area (Å²) in [4.78, 5) is 16.5. The SMILES string of the molecule is O=C(c1c[nH]c2ccccc12)C(Nc1cccc(C(F)(F)F)c1)c1ccccc1. The molecule has 3 aromatic carbocycles. The Labute approximate surface area is 165 Å². The number of aromatic amines is 1. The van der Waals surface area contributed by atoms with E-state index < -0.39 is 17.8 Å². The Hall–Kier alpha value is -3.54. The maximum atomic E-state index is 13.4. The zero-order valence-corrected chi connectivity index (χ0v) is 15.2. The van der Waals surface area contributed by atoms with E-state index in [1.165, 1.54) is 12.1 Å². The number of carbonyl (C=O) groups excluding carboxylic acids is 1. The van der Waals surface area contributed by atoms with Crippen LogP contribution in [0.15, 0.2) is 85.1 Å². The lowest BCUT2D eigenvalue weighted by atomic mass is 9.96. The maximum Gasteiger partial charge on any atom is 0.416 e. The van der Waals surface area contributed by atoms with Crippen LogP contribution in [0.3, 0.4) is 0 Å². The van der Waals surface area contributed by atoms with Crippen LogP contribution in [0.25, 0.3) is 10.9 Å². The van der Waals surface area contributed by atoms with Crippen molar-refractivity contribution < 1.29 is 18.0 Å². The van der Waals surface area contributed by atoms with Gasteiger partial charge in [-0.3, -0.25) is 4.79 Å². The molecule has 146 valence electrons. The highest BCUT2D eigenvalue weighted by atomic mass is 19.4. The first-order valence-corrected chi connectivity index (χ1v) is 9.02. The molecule has 0 aliphatic carbocycles. The van der Waals surface area contributed by atoms with E-state index in [4.69, 9.17) is 0 Å². The van der Waals surface area contributed by atoms with Crippen LogP contribution in [0.4, 0.5) is 18.9 Å². The van der Waals surface area contributed by atoms with Crippen molar-refractivity contribution in [1.29, 1.82) is 0 Å². The number of carbonyl (C=O) groups is 1. The van der Waals surface area contributed by atoms with Gasteiger partial charge in [-0.1, -0.05) is 54.6 Å². The third kappa shape index (κ3) is 3.87. The number of benzene rings is 3. The fourth-order valence-corrected chi connectivity index (χ4v) is 3.33. The minimum absolute atomic E-state index is 0.224. The van der Waals surface area contributed by atoms with Crippen molar-refractivity contribution in [3.8, 4) is 0 Å². The number of alkyl halides is 3. The van der Waals surface area contributed by atoms with E-state index in [-0.39, 0.29) is 11.5 Å². The van der Waals surface area contributed by atoms with Crippen molar-refractivity contribution in [2.24, 2.45) is 0 Å². The quantitative estimate of drug-likeness (QED) is 0.395. The molecule has 0 amide bonds. The molecular formula is C23H17F3N2O. The summed E-state index contributed by atoms with van der Waals surface area (Å²) >= 11 is 0. The minimum atomic E-state index is -4.46. The van der Waals surface area contributed by atoms with Crippen molar-refractivity contribution in [2.75, 3.05) is 5.32 Å². The fourth-order valence-electron chi connectivity index (χ4n) is 3.33. The minimum Gasteiger partial charge on any atom is -0.371 e. The molecule has 0 aliphatic rings. The van der Waals surface area contributed by atoms with Crippen LogP contribution in [-0.4, -0.2) is 10.8 Å². The molecule has 3 nitrogen and oxygen atoms in total. The van der Waals surface area contributed by atoms with Gasteiger partial charge in [0, 0.05) is 28.4 Å². The lowest BCUT2D eigenvalue weighted by Gasteiger charge is -2.20. The van der Waals surface area contributed by atoms with Gasteiger partial charge in [-0.25, -0.2) is 0 Å². The molecule has 0 saturated carbocycles. The van der Waals surface area contributed by atoms with Crippen LogP contribution in [0.2, 0.25) is 0 Å². The van der Waals surface area contributed by atoms with Crippen LogP contribution in [-0.2, 0) is 6.18 Å². The average Bonchev–Trinajstić information content (AvgIpc) is 3.16. The van der Waals surface area contributed by atoms with E-state index in [0.29, 0.717) is 11.1 Å². The first kappa shape index (κ1) is 18.8. The van der Waals surface area contributed by atoms with Crippen LogP contribution in [0.5, 0.6) is 0 Å². The summed E-state index contributed by atoms with van der Waals surface area (Å²) < 4.78 is 39.3. The second-order valence-electron chi connectivity index (χ2n) is 6.68. The molecule has 0 spiro atoms. The highest BCUT2D eigenvalue weighted by Crippen LogP contribution is 2.33. The van der Waals surface area contributed by atoms with Crippen molar-refractivity contribution in [2.45, 2.75) is 12.2 Å². The van der Waals surface area contributed by atoms with E-state index in [1.807, 2.05) is 30.3 Å². The number of nitrogens with one attached hydrogen (secondary N) is 2. The Morgan fingerprint density at radius 2 is 1.62 bits per heavy atom. The summed E-state index contributed by atoms with van der Waals surface area (Å²) in [6.07, 6.45) is -2.82. The molecule has 0 aliphatic heterocycles. The number of halogens is 3. The molecule has 29 heavy (non-hydrogen) atoms. The molecule has 0 bridgehead atoms. The molecule has 0 fully saturated rings. The molecule has 0 radical (unpaired) electrons. The molecule has 4 aromatic rings. The molecule has 1 unspecified atom stereocenters. The predicted molar refractivity (Wildman–Crippen MR) is 107 cm³/mol. The van der Waals surface area contributed by atoms with E-state index >= 15 is 0 Å². The molecule has 2 N–H and O–H groups in total. The Morgan fingerprint density at radius 1 is 0.897 bits per heavy atom. The van der Waals surface area contributed by atoms with Crippen LogP contribution in [0, 0.1) is 0 Å². The van der Waals surface area contributed by atoms with E-state index in [1.54, 1.807) is 30.5 Å². The normalized spacial score (nSPS) is 12.7. The standard InChI is InChI=1S/C23H17F3N2O/c24-23(25,26)16-9-6-10-17(13-16)28-21(15-7-2-1-3-8-15)22(29)19-14-27-20-12-5-4-11-18(19)20/h1-14,21,27-28H. The smallest absolute Gasteiger partial charge is 0.371 e. The third-order valence-electron chi connectivity index (χ3n) is 4.75. The van der Waals surface area contributed by atoms with Crippen LogP contribution < -0.4 is 5.32 Å². The van der Waals surface area contributed by atoms with Gasteiger partial charge in [-0.15, -0.1) is 0 Å². The predicted octanol–water partition coefficient (Wildman–Crippen LogP) is 6.22. The average molecular weight is 394 g/mol. The number of aromatic nitrogens is 1. The monoisotopic (exact) mass is 394 g/mol. The van der Waals surface area contributed by atoms with Gasteiger partial charge in [-0.2, -0.15) is 13.2 Å². The second kappa shape index (κ2) is 7.47. The van der Waals surface area contributed by atoms with Gasteiger partial charge in [0.05, 0.1) is 5.56 Å². The van der Waals surface area contributed by atoms with Gasteiger partial charge in [0.15, 0.2) is 5.78 Å². The van der Waals surface area contributed by atoms with Crippen molar-refractivity contribution >= 4 is 22.4 Å². The number of ketones is 1. The number of fused-ring (bicyclic) bond motifs is 1. The number of rotatable bonds is 5. The summed E-state index contributed by atoms with van der Waals surface area (Å²) in [5, 5.41) is 3.76. The summed E-state index contributed by atoms with van der Waals surface area (Å²) in [5.41, 5.74) is 1.42. The Bertz CT molecular complexity index is 1150. The van der Waals surface area contributed by atoms with E-state index in [0.717, 1.165) is 23.0 Å². The Kier molecular flexibility index (Phi) is 4.84. The molecular weight excluding hydrogens is 377 g/mol. The van der Waals surface area contributed by atoms with Crippen molar-refractivity contribution in [3.63, 3.8) is 0 Å². The first-order chi connectivity index (χ1) is 13.9. The number of hydrogen-bond acceptors (Lipinski definition) is 2. The molecule has 6 heteroatoms. The number of para-hydroxylation sites is 1. The van der Waals surface area contributed by atoms with E-state index in [9.17, 15) is 18.0 Å². The van der Waals surface area contributed by atoms with Gasteiger partial charge in [0.2, 0.25) is 0 Å². The van der Waals surface area contributed by atoms with Crippen LogP contribution >= 0.6 is 0 Å². The summed E-state index contributed by atoms with van der Waals surface area (Å²) in [7, 11) is 0. The second-order valence-corrected chi connectivity index (χ2v) is 6.68. The molecule has 1 atom stereocenters. The summed E-state index contributed by atoms with van der Waals surface area (Å²) in [5.74, 6) is -0.230. The number of Topliss-reactive ketones (excluding diaryl/α,β-unsaturated/α-hetero) is 1. The Morgan fingerprint density at radius 3 is 2.38 bits per heavy atom. The fraction of sp³-hybridized carbons (Fsp3) is 0.0870. The van der Waals surface area contributed by atoms with Gasteiger partial charge in [0.25, 0.3) is 0 Å². The summed E-state index contributed by atoms with van der Waals surface area (Å²) in [6, 6.07) is 20.4. The maximum absolute atomic E-state index is 13.4. The van der Waals surface area contributed by atoms with Gasteiger partial charge in [-0.05, 0) is 29.8 Å². The van der Waals surface area contributed by atoms with Gasteiger partial charge >= 0.3 is 6.18 Å².